The lowest BCUT2D eigenvalue weighted by atomic mass is 9.99. The van der Waals surface area contributed by atoms with E-state index in [1.165, 1.54) is 28.5 Å². The Labute approximate surface area is 182 Å². The summed E-state index contributed by atoms with van der Waals surface area (Å²) in [6.45, 7) is 10.2. The van der Waals surface area contributed by atoms with Gasteiger partial charge in [0.2, 0.25) is 11.1 Å². The second-order valence-corrected chi connectivity index (χ2v) is 9.27. The molecule has 158 valence electrons. The van der Waals surface area contributed by atoms with Gasteiger partial charge >= 0.3 is 0 Å². The number of amides is 1. The van der Waals surface area contributed by atoms with Crippen LogP contribution in [0.25, 0.3) is 5.78 Å². The van der Waals surface area contributed by atoms with Crippen molar-refractivity contribution in [3.8, 4) is 0 Å². The molecular formula is C23H29N5OS. The van der Waals surface area contributed by atoms with Crippen LogP contribution in [0.2, 0.25) is 0 Å². The van der Waals surface area contributed by atoms with E-state index in [1.54, 1.807) is 0 Å². The van der Waals surface area contributed by atoms with Gasteiger partial charge in [-0.05, 0) is 56.2 Å². The molecule has 7 heteroatoms. The van der Waals surface area contributed by atoms with Crippen molar-refractivity contribution in [2.24, 2.45) is 5.92 Å². The maximum absolute atomic E-state index is 12.5. The van der Waals surface area contributed by atoms with Crippen LogP contribution in [0.5, 0.6) is 0 Å². The highest BCUT2D eigenvalue weighted by Gasteiger charge is 2.21. The summed E-state index contributed by atoms with van der Waals surface area (Å²) < 4.78 is 1.82. The number of nitrogens with zero attached hydrogens (tertiary/aromatic N) is 5. The van der Waals surface area contributed by atoms with Gasteiger partial charge in [-0.2, -0.15) is 4.98 Å². The highest BCUT2D eigenvalue weighted by molar-refractivity contribution is 7.99. The number of aryl methyl sites for hydroxylation is 3. The standard InChI is InChI=1S/C23H29N5OS/c1-15-9-11-27(12-10-15)21(29)14-30-23-25-22-24-17(3)20(18(4)28(22)26-23)13-19-8-6-5-7-16(19)2/h5-8,15H,9-14H2,1-4H3. The minimum Gasteiger partial charge on any atom is -0.342 e. The van der Waals surface area contributed by atoms with Crippen LogP contribution in [-0.2, 0) is 11.2 Å². The SMILES string of the molecule is Cc1ccccc1Cc1c(C)nc2nc(SCC(=O)N3CCC(C)CC3)nn2c1C. The van der Waals surface area contributed by atoms with E-state index in [4.69, 9.17) is 0 Å². The Balaban J connectivity index is 1.51. The average Bonchev–Trinajstić information content (AvgIpc) is 3.14. The maximum Gasteiger partial charge on any atom is 0.253 e. The monoisotopic (exact) mass is 423 g/mol. The van der Waals surface area contributed by atoms with Crippen LogP contribution in [0.4, 0.5) is 0 Å². The number of fused-ring (bicyclic) bond motifs is 1. The normalized spacial score (nSPS) is 15.1. The average molecular weight is 424 g/mol. The molecule has 2 aromatic heterocycles. The number of benzene rings is 1. The highest BCUT2D eigenvalue weighted by atomic mass is 32.2. The molecule has 0 saturated carbocycles. The molecule has 0 atom stereocenters. The van der Waals surface area contributed by atoms with Gasteiger partial charge in [-0.3, -0.25) is 4.79 Å². The fraction of sp³-hybridized carbons (Fsp3) is 0.478. The number of aromatic nitrogens is 4. The van der Waals surface area contributed by atoms with Crippen LogP contribution < -0.4 is 0 Å². The highest BCUT2D eigenvalue weighted by Crippen LogP contribution is 2.23. The Morgan fingerprint density at radius 2 is 1.87 bits per heavy atom. The molecule has 1 aromatic carbocycles. The largest absolute Gasteiger partial charge is 0.342 e. The van der Waals surface area contributed by atoms with Crippen LogP contribution in [0.3, 0.4) is 0 Å². The number of hydrogen-bond donors (Lipinski definition) is 0. The summed E-state index contributed by atoms with van der Waals surface area (Å²) in [7, 11) is 0. The summed E-state index contributed by atoms with van der Waals surface area (Å²) in [4.78, 5) is 23.8. The lowest BCUT2D eigenvalue weighted by Crippen LogP contribution is -2.38. The van der Waals surface area contributed by atoms with Gasteiger partial charge in [0, 0.05) is 30.9 Å². The van der Waals surface area contributed by atoms with E-state index in [9.17, 15) is 4.79 Å². The third-order valence-corrected chi connectivity index (χ3v) is 6.94. The van der Waals surface area contributed by atoms with E-state index in [0.717, 1.165) is 43.7 Å². The fourth-order valence-corrected chi connectivity index (χ4v) is 4.70. The van der Waals surface area contributed by atoms with Gasteiger partial charge in [0.05, 0.1) is 5.75 Å². The molecule has 0 aliphatic carbocycles. The molecule has 0 unspecified atom stereocenters. The van der Waals surface area contributed by atoms with Gasteiger partial charge in [-0.25, -0.2) is 9.50 Å². The van der Waals surface area contributed by atoms with Crippen molar-refractivity contribution in [2.75, 3.05) is 18.8 Å². The van der Waals surface area contributed by atoms with Gasteiger partial charge in [-0.1, -0.05) is 43.0 Å². The smallest absolute Gasteiger partial charge is 0.253 e. The number of hydrogen-bond acceptors (Lipinski definition) is 5. The van der Waals surface area contributed by atoms with E-state index in [1.807, 2.05) is 16.3 Å². The van der Waals surface area contributed by atoms with Gasteiger partial charge in [0.15, 0.2) is 0 Å². The van der Waals surface area contributed by atoms with Gasteiger partial charge in [-0.15, -0.1) is 5.10 Å². The molecular weight excluding hydrogens is 394 g/mol. The van der Waals surface area contributed by atoms with Crippen molar-refractivity contribution < 1.29 is 4.79 Å². The molecule has 1 aliphatic heterocycles. The van der Waals surface area contributed by atoms with Crippen molar-refractivity contribution >= 4 is 23.4 Å². The van der Waals surface area contributed by atoms with Crippen molar-refractivity contribution in [3.63, 3.8) is 0 Å². The topological polar surface area (TPSA) is 63.4 Å². The summed E-state index contributed by atoms with van der Waals surface area (Å²) >= 11 is 1.40. The second kappa shape index (κ2) is 8.76. The molecule has 0 N–H and O–H groups in total. The van der Waals surface area contributed by atoms with E-state index in [-0.39, 0.29) is 5.91 Å². The number of piperidine rings is 1. The molecule has 1 aliphatic rings. The quantitative estimate of drug-likeness (QED) is 0.581. The van der Waals surface area contributed by atoms with E-state index in [2.05, 4.69) is 60.1 Å². The Hall–Kier alpha value is -2.41. The number of carbonyl (C=O) groups is 1. The summed E-state index contributed by atoms with van der Waals surface area (Å²) in [6.07, 6.45) is 3.01. The zero-order valence-electron chi connectivity index (χ0n) is 18.2. The first-order valence-corrected chi connectivity index (χ1v) is 11.6. The molecule has 4 rings (SSSR count). The lowest BCUT2D eigenvalue weighted by Gasteiger charge is -2.30. The number of rotatable bonds is 5. The Bertz CT molecular complexity index is 1070. The van der Waals surface area contributed by atoms with E-state index >= 15 is 0 Å². The first kappa shape index (κ1) is 20.8. The molecule has 3 heterocycles. The molecule has 30 heavy (non-hydrogen) atoms. The van der Waals surface area contributed by atoms with Crippen LogP contribution in [-0.4, -0.2) is 49.2 Å². The van der Waals surface area contributed by atoms with E-state index < -0.39 is 0 Å². The van der Waals surface area contributed by atoms with Crippen molar-refractivity contribution in [1.82, 2.24) is 24.5 Å². The van der Waals surface area contributed by atoms with Gasteiger partial charge in [0.25, 0.3) is 5.78 Å². The fourth-order valence-electron chi connectivity index (χ4n) is 3.98. The summed E-state index contributed by atoms with van der Waals surface area (Å²) in [5, 5.41) is 5.25. The molecule has 6 nitrogen and oxygen atoms in total. The summed E-state index contributed by atoms with van der Waals surface area (Å²) in [6, 6.07) is 8.43. The predicted octanol–water partition coefficient (Wildman–Crippen LogP) is 3.99. The number of thioether (sulfide) groups is 1. The maximum atomic E-state index is 12.5. The molecule has 0 bridgehead atoms. The summed E-state index contributed by atoms with van der Waals surface area (Å²) in [5.74, 6) is 1.86. The van der Waals surface area contributed by atoms with Crippen LogP contribution in [0.15, 0.2) is 29.4 Å². The zero-order chi connectivity index (χ0) is 21.3. The predicted molar refractivity (Wildman–Crippen MR) is 120 cm³/mol. The van der Waals surface area contributed by atoms with Crippen LogP contribution in [0.1, 0.15) is 47.8 Å². The molecule has 0 radical (unpaired) electrons. The molecule has 3 aromatic rings. The third-order valence-electron chi connectivity index (χ3n) is 6.12. The Morgan fingerprint density at radius 3 is 2.60 bits per heavy atom. The molecule has 0 spiro atoms. The minimum atomic E-state index is 0.173. The summed E-state index contributed by atoms with van der Waals surface area (Å²) in [5.41, 5.74) is 5.77. The van der Waals surface area contributed by atoms with Crippen molar-refractivity contribution in [1.29, 1.82) is 0 Å². The van der Waals surface area contributed by atoms with Crippen LogP contribution >= 0.6 is 11.8 Å². The van der Waals surface area contributed by atoms with Gasteiger partial charge < -0.3 is 4.90 Å². The Kier molecular flexibility index (Phi) is 6.09. The third kappa shape index (κ3) is 4.36. The number of carbonyl (C=O) groups excluding carboxylic acids is 1. The first-order valence-electron chi connectivity index (χ1n) is 10.6. The number of likely N-dealkylation sites (tertiary alicyclic amines) is 1. The molecule has 1 saturated heterocycles. The van der Waals surface area contributed by atoms with E-state index in [0.29, 0.717) is 22.6 Å². The first-order chi connectivity index (χ1) is 14.4. The van der Waals surface area contributed by atoms with Crippen molar-refractivity contribution in [2.45, 2.75) is 52.1 Å². The molecule has 1 amide bonds. The molecule has 1 fully saturated rings. The second-order valence-electron chi connectivity index (χ2n) is 8.32. The van der Waals surface area contributed by atoms with Crippen molar-refractivity contribution in [3.05, 3.63) is 52.3 Å². The lowest BCUT2D eigenvalue weighted by molar-refractivity contribution is -0.129. The Morgan fingerprint density at radius 1 is 1.13 bits per heavy atom. The zero-order valence-corrected chi connectivity index (χ0v) is 19.0. The minimum absolute atomic E-state index is 0.173. The van der Waals surface area contributed by atoms with Crippen LogP contribution in [0, 0.1) is 26.7 Å². The van der Waals surface area contributed by atoms with Gasteiger partial charge in [0.1, 0.15) is 0 Å².